The maximum absolute atomic E-state index is 11.7. The predicted octanol–water partition coefficient (Wildman–Crippen LogP) is 3.31. The maximum Gasteiger partial charge on any atom is 0.315 e. The lowest BCUT2D eigenvalue weighted by Crippen LogP contribution is -2.36. The van der Waals surface area contributed by atoms with Crippen LogP contribution in [0.15, 0.2) is 47.8 Å². The van der Waals surface area contributed by atoms with Gasteiger partial charge in [-0.05, 0) is 23.9 Å². The van der Waals surface area contributed by atoms with E-state index in [4.69, 9.17) is 0 Å². The number of carbonyl (C=O) groups excluding carboxylic acids is 1. The van der Waals surface area contributed by atoms with Gasteiger partial charge in [0.2, 0.25) is 0 Å². The van der Waals surface area contributed by atoms with E-state index in [0.29, 0.717) is 6.54 Å². The molecule has 18 heavy (non-hydrogen) atoms. The second-order valence-electron chi connectivity index (χ2n) is 4.05. The molecule has 3 nitrogen and oxygen atoms in total. The number of benzene rings is 1. The van der Waals surface area contributed by atoms with Crippen molar-refractivity contribution in [2.24, 2.45) is 0 Å². The first kappa shape index (κ1) is 12.6. The average Bonchev–Trinajstić information content (AvgIpc) is 2.91. The fourth-order valence-electron chi connectivity index (χ4n) is 1.63. The van der Waals surface area contributed by atoms with E-state index >= 15 is 0 Å². The molecule has 1 heterocycles. The van der Waals surface area contributed by atoms with Crippen molar-refractivity contribution >= 4 is 17.4 Å². The zero-order valence-electron chi connectivity index (χ0n) is 10.2. The van der Waals surface area contributed by atoms with Crippen LogP contribution in [0.1, 0.15) is 23.4 Å². The first-order valence-corrected chi connectivity index (χ1v) is 6.75. The van der Waals surface area contributed by atoms with Crippen LogP contribution in [-0.2, 0) is 6.54 Å². The minimum Gasteiger partial charge on any atom is -0.334 e. The third-order valence-electron chi connectivity index (χ3n) is 2.61. The highest BCUT2D eigenvalue weighted by atomic mass is 32.1. The summed E-state index contributed by atoms with van der Waals surface area (Å²) in [5, 5.41) is 7.77. The van der Waals surface area contributed by atoms with Gasteiger partial charge >= 0.3 is 6.03 Å². The standard InChI is InChI=1S/C14H16N2OS/c1-11(13-8-5-9-18-13)16-14(17)15-10-12-6-3-2-4-7-12/h2-9,11H,10H2,1H3,(H2,15,16,17). The Bertz CT molecular complexity index is 482. The molecule has 0 aliphatic heterocycles. The molecule has 2 rings (SSSR count). The lowest BCUT2D eigenvalue weighted by molar-refractivity contribution is 0.237. The predicted molar refractivity (Wildman–Crippen MR) is 74.5 cm³/mol. The molecule has 0 bridgehead atoms. The molecule has 2 amide bonds. The highest BCUT2D eigenvalue weighted by Crippen LogP contribution is 2.17. The zero-order valence-corrected chi connectivity index (χ0v) is 11.0. The molecule has 0 fully saturated rings. The zero-order chi connectivity index (χ0) is 12.8. The summed E-state index contributed by atoms with van der Waals surface area (Å²) in [4.78, 5) is 12.9. The van der Waals surface area contributed by atoms with Crippen LogP contribution in [-0.4, -0.2) is 6.03 Å². The van der Waals surface area contributed by atoms with E-state index in [2.05, 4.69) is 10.6 Å². The number of hydrogen-bond donors (Lipinski definition) is 2. The number of thiophene rings is 1. The molecule has 94 valence electrons. The topological polar surface area (TPSA) is 41.1 Å². The molecule has 2 aromatic rings. The van der Waals surface area contributed by atoms with Crippen LogP contribution >= 0.6 is 11.3 Å². The average molecular weight is 260 g/mol. The third kappa shape index (κ3) is 3.60. The number of carbonyl (C=O) groups is 1. The van der Waals surface area contributed by atoms with Crippen molar-refractivity contribution in [2.45, 2.75) is 19.5 Å². The van der Waals surface area contributed by atoms with Gasteiger partial charge < -0.3 is 10.6 Å². The normalized spacial score (nSPS) is 11.8. The minimum atomic E-state index is -0.139. The Labute approximate surface area is 111 Å². The fourth-order valence-corrected chi connectivity index (χ4v) is 2.37. The van der Waals surface area contributed by atoms with Gasteiger partial charge in [-0.2, -0.15) is 0 Å². The van der Waals surface area contributed by atoms with E-state index in [9.17, 15) is 4.79 Å². The molecule has 4 heteroatoms. The fraction of sp³-hybridized carbons (Fsp3) is 0.214. The first-order chi connectivity index (χ1) is 8.75. The van der Waals surface area contributed by atoms with Crippen LogP contribution in [0.4, 0.5) is 4.79 Å². The van der Waals surface area contributed by atoms with Crippen LogP contribution in [0.2, 0.25) is 0 Å². The summed E-state index contributed by atoms with van der Waals surface area (Å²) in [7, 11) is 0. The van der Waals surface area contributed by atoms with Gasteiger partial charge in [0, 0.05) is 11.4 Å². The van der Waals surface area contributed by atoms with Crippen molar-refractivity contribution < 1.29 is 4.79 Å². The SMILES string of the molecule is CC(NC(=O)NCc1ccccc1)c1cccs1. The Kier molecular flexibility index (Phi) is 4.36. The molecule has 0 saturated heterocycles. The smallest absolute Gasteiger partial charge is 0.315 e. The molecule has 1 aromatic carbocycles. The highest BCUT2D eigenvalue weighted by Gasteiger charge is 2.09. The van der Waals surface area contributed by atoms with E-state index in [1.165, 1.54) is 0 Å². The van der Waals surface area contributed by atoms with E-state index in [1.54, 1.807) is 11.3 Å². The largest absolute Gasteiger partial charge is 0.334 e. The summed E-state index contributed by atoms with van der Waals surface area (Å²) in [6.45, 7) is 2.53. The summed E-state index contributed by atoms with van der Waals surface area (Å²) in [5.74, 6) is 0. The molecular formula is C14H16N2OS. The van der Waals surface area contributed by atoms with Crippen molar-refractivity contribution in [1.29, 1.82) is 0 Å². The van der Waals surface area contributed by atoms with Crippen LogP contribution in [0.25, 0.3) is 0 Å². The number of hydrogen-bond acceptors (Lipinski definition) is 2. The minimum absolute atomic E-state index is 0.0424. The summed E-state index contributed by atoms with van der Waals surface area (Å²) in [6.07, 6.45) is 0. The lowest BCUT2D eigenvalue weighted by Gasteiger charge is -2.13. The van der Waals surface area contributed by atoms with E-state index in [1.807, 2.05) is 54.8 Å². The Hall–Kier alpha value is -1.81. The van der Waals surface area contributed by atoms with Crippen molar-refractivity contribution in [3.05, 3.63) is 58.3 Å². The van der Waals surface area contributed by atoms with Gasteiger partial charge in [-0.3, -0.25) is 0 Å². The monoisotopic (exact) mass is 260 g/mol. The van der Waals surface area contributed by atoms with E-state index < -0.39 is 0 Å². The molecule has 1 aromatic heterocycles. The number of amides is 2. The van der Waals surface area contributed by atoms with Crippen LogP contribution < -0.4 is 10.6 Å². The Balaban J connectivity index is 1.79. The summed E-state index contributed by atoms with van der Waals surface area (Å²) < 4.78 is 0. The van der Waals surface area contributed by atoms with Gasteiger partial charge in [-0.25, -0.2) is 4.79 Å². The van der Waals surface area contributed by atoms with Crippen molar-refractivity contribution in [3.8, 4) is 0 Å². The van der Waals surface area contributed by atoms with Gasteiger partial charge in [0.25, 0.3) is 0 Å². The van der Waals surface area contributed by atoms with Gasteiger partial charge in [0.05, 0.1) is 6.04 Å². The third-order valence-corrected chi connectivity index (χ3v) is 3.67. The van der Waals surface area contributed by atoms with Crippen LogP contribution in [0, 0.1) is 0 Å². The van der Waals surface area contributed by atoms with Crippen molar-refractivity contribution in [3.63, 3.8) is 0 Å². The number of urea groups is 1. The molecule has 1 atom stereocenters. The Morgan fingerprint density at radius 1 is 1.22 bits per heavy atom. The second-order valence-corrected chi connectivity index (χ2v) is 5.03. The van der Waals surface area contributed by atoms with Crippen LogP contribution in [0.3, 0.4) is 0 Å². The molecule has 1 unspecified atom stereocenters. The number of rotatable bonds is 4. The van der Waals surface area contributed by atoms with Gasteiger partial charge in [0.15, 0.2) is 0 Å². The summed E-state index contributed by atoms with van der Waals surface area (Å²) >= 11 is 1.64. The van der Waals surface area contributed by atoms with E-state index in [0.717, 1.165) is 10.4 Å². The molecular weight excluding hydrogens is 244 g/mol. The molecule has 0 spiro atoms. The summed E-state index contributed by atoms with van der Waals surface area (Å²) in [6, 6.07) is 13.8. The molecule has 0 saturated carbocycles. The first-order valence-electron chi connectivity index (χ1n) is 5.87. The van der Waals surface area contributed by atoms with Crippen molar-refractivity contribution in [2.75, 3.05) is 0 Å². The molecule has 2 N–H and O–H groups in total. The number of nitrogens with one attached hydrogen (secondary N) is 2. The molecule has 0 radical (unpaired) electrons. The Morgan fingerprint density at radius 2 is 2.00 bits per heavy atom. The lowest BCUT2D eigenvalue weighted by atomic mass is 10.2. The Morgan fingerprint density at radius 3 is 2.67 bits per heavy atom. The van der Waals surface area contributed by atoms with Gasteiger partial charge in [-0.1, -0.05) is 36.4 Å². The van der Waals surface area contributed by atoms with Gasteiger partial charge in [0.1, 0.15) is 0 Å². The van der Waals surface area contributed by atoms with Gasteiger partial charge in [-0.15, -0.1) is 11.3 Å². The van der Waals surface area contributed by atoms with Crippen molar-refractivity contribution in [1.82, 2.24) is 10.6 Å². The molecule has 0 aliphatic carbocycles. The van der Waals surface area contributed by atoms with E-state index in [-0.39, 0.29) is 12.1 Å². The highest BCUT2D eigenvalue weighted by molar-refractivity contribution is 7.10. The maximum atomic E-state index is 11.7. The summed E-state index contributed by atoms with van der Waals surface area (Å²) in [5.41, 5.74) is 1.09. The van der Waals surface area contributed by atoms with Crippen LogP contribution in [0.5, 0.6) is 0 Å². The second kappa shape index (κ2) is 6.21. The molecule has 0 aliphatic rings. The quantitative estimate of drug-likeness (QED) is 0.870.